The van der Waals surface area contributed by atoms with E-state index in [-0.39, 0.29) is 17.4 Å². The first-order valence-electron chi connectivity index (χ1n) is 18.6. The van der Waals surface area contributed by atoms with E-state index in [1.54, 1.807) is 0 Å². The van der Waals surface area contributed by atoms with Gasteiger partial charge in [-0.1, -0.05) is 116 Å². The number of rotatable bonds is 13. The summed E-state index contributed by atoms with van der Waals surface area (Å²) in [6.07, 6.45) is 0.984. The minimum absolute atomic E-state index is 0.0600. The van der Waals surface area contributed by atoms with Crippen molar-refractivity contribution in [3.05, 3.63) is 156 Å². The molecule has 0 spiro atoms. The molecule has 0 saturated heterocycles. The zero-order valence-corrected chi connectivity index (χ0v) is 34.5. The molecule has 274 valence electrons. The summed E-state index contributed by atoms with van der Waals surface area (Å²) in [5.41, 5.74) is 14.9. The number of hydrogen-bond donors (Lipinski definition) is 0. The van der Waals surface area contributed by atoms with Crippen LogP contribution in [0, 0.1) is 61.3 Å². The molecule has 1 heterocycles. The van der Waals surface area contributed by atoms with Gasteiger partial charge in [0.15, 0.2) is 0 Å². The van der Waals surface area contributed by atoms with E-state index >= 15 is 0 Å². The molecule has 0 aliphatic heterocycles. The van der Waals surface area contributed by atoms with E-state index in [9.17, 15) is 0 Å². The molecule has 0 aliphatic carbocycles. The van der Waals surface area contributed by atoms with Gasteiger partial charge in [0.05, 0.1) is 22.3 Å². The standard InChI is InChI=1S/C47H56Cl2N2O/c1-12-37(27-47(10,11)38-17-14-13-15-18-38)44(50-45-39(48)19-16-20-40(45)49)41(28-51-35(8)21-22-36(51)9)52-46(42-31(4)23-29(2)24-32(42)5)43-33(6)25-30(3)26-34(43)7/h13-26,37,41,46H,12,27-28H2,1-11H3/b50-44+. The molecule has 3 nitrogen and oxygen atoms in total. The Morgan fingerprint density at radius 3 is 1.63 bits per heavy atom. The predicted octanol–water partition coefficient (Wildman–Crippen LogP) is 13.6. The monoisotopic (exact) mass is 734 g/mol. The molecule has 0 N–H and O–H groups in total. The van der Waals surface area contributed by atoms with E-state index < -0.39 is 6.10 Å². The van der Waals surface area contributed by atoms with Crippen molar-refractivity contribution in [3.8, 4) is 0 Å². The van der Waals surface area contributed by atoms with Crippen LogP contribution in [0.5, 0.6) is 0 Å². The molecule has 1 aromatic heterocycles. The fourth-order valence-corrected chi connectivity index (χ4v) is 8.73. The highest BCUT2D eigenvalue weighted by atomic mass is 35.5. The van der Waals surface area contributed by atoms with E-state index in [1.807, 2.05) is 18.2 Å². The highest BCUT2D eigenvalue weighted by Gasteiger charge is 2.35. The Morgan fingerprint density at radius 1 is 0.692 bits per heavy atom. The fourth-order valence-electron chi connectivity index (χ4n) is 8.25. The molecule has 0 bridgehead atoms. The number of aromatic nitrogens is 1. The number of para-hydroxylation sites is 1. The topological polar surface area (TPSA) is 26.5 Å². The van der Waals surface area contributed by atoms with Crippen molar-refractivity contribution in [1.82, 2.24) is 4.57 Å². The highest BCUT2D eigenvalue weighted by Crippen LogP contribution is 2.41. The second-order valence-corrected chi connectivity index (χ2v) is 16.3. The lowest BCUT2D eigenvalue weighted by atomic mass is 9.74. The number of hydrogen-bond acceptors (Lipinski definition) is 2. The van der Waals surface area contributed by atoms with Crippen LogP contribution in [-0.4, -0.2) is 16.4 Å². The van der Waals surface area contributed by atoms with Gasteiger partial charge in [-0.25, -0.2) is 0 Å². The van der Waals surface area contributed by atoms with Gasteiger partial charge < -0.3 is 9.30 Å². The lowest BCUT2D eigenvalue weighted by Crippen LogP contribution is -2.39. The van der Waals surface area contributed by atoms with E-state index in [4.69, 9.17) is 32.9 Å². The fraction of sp³-hybridized carbons (Fsp3) is 0.383. The van der Waals surface area contributed by atoms with Crippen molar-refractivity contribution < 1.29 is 4.74 Å². The first-order chi connectivity index (χ1) is 24.6. The summed E-state index contributed by atoms with van der Waals surface area (Å²) in [6.45, 7) is 25.1. The van der Waals surface area contributed by atoms with Gasteiger partial charge in [-0.05, 0) is 137 Å². The van der Waals surface area contributed by atoms with Crippen molar-refractivity contribution >= 4 is 34.6 Å². The average Bonchev–Trinajstić information content (AvgIpc) is 3.38. The third-order valence-corrected chi connectivity index (χ3v) is 11.4. The molecule has 0 amide bonds. The Balaban J connectivity index is 1.80. The summed E-state index contributed by atoms with van der Waals surface area (Å²) in [5.74, 6) is 0.0600. The summed E-state index contributed by atoms with van der Waals surface area (Å²) in [4.78, 5) is 5.52. The molecular formula is C47H56Cl2N2O. The molecule has 0 fully saturated rings. The summed E-state index contributed by atoms with van der Waals surface area (Å²) in [5, 5.41) is 1.06. The molecule has 2 unspecified atom stereocenters. The predicted molar refractivity (Wildman–Crippen MR) is 223 cm³/mol. The van der Waals surface area contributed by atoms with Gasteiger partial charge in [0.25, 0.3) is 0 Å². The Labute approximate surface area is 323 Å². The lowest BCUT2D eigenvalue weighted by molar-refractivity contribution is 0.0330. The molecule has 5 heteroatoms. The molecule has 0 radical (unpaired) electrons. The van der Waals surface area contributed by atoms with Gasteiger partial charge in [-0.3, -0.25) is 4.99 Å². The maximum atomic E-state index is 7.79. The van der Waals surface area contributed by atoms with Gasteiger partial charge in [0.2, 0.25) is 0 Å². The number of ether oxygens (including phenoxy) is 1. The Bertz CT molecular complexity index is 1910. The van der Waals surface area contributed by atoms with Crippen LogP contribution in [0.4, 0.5) is 5.69 Å². The largest absolute Gasteiger partial charge is 0.358 e. The second kappa shape index (κ2) is 16.6. The molecule has 0 saturated carbocycles. The molecule has 52 heavy (non-hydrogen) atoms. The van der Waals surface area contributed by atoms with Crippen LogP contribution in [0.2, 0.25) is 10.0 Å². The Kier molecular flexibility index (Phi) is 12.6. The van der Waals surface area contributed by atoms with Crippen LogP contribution in [-0.2, 0) is 16.7 Å². The van der Waals surface area contributed by atoms with Crippen molar-refractivity contribution in [1.29, 1.82) is 0 Å². The normalized spacial score (nSPS) is 13.5. The van der Waals surface area contributed by atoms with Crippen molar-refractivity contribution in [2.24, 2.45) is 10.9 Å². The van der Waals surface area contributed by atoms with Crippen molar-refractivity contribution in [3.63, 3.8) is 0 Å². The molecular weight excluding hydrogens is 679 g/mol. The number of aryl methyl sites for hydroxylation is 8. The summed E-state index contributed by atoms with van der Waals surface area (Å²) < 4.78 is 10.2. The van der Waals surface area contributed by atoms with Crippen molar-refractivity contribution in [2.75, 3.05) is 0 Å². The van der Waals surface area contributed by atoms with E-state index in [1.165, 1.54) is 61.5 Å². The molecule has 0 aliphatic rings. The molecule has 5 rings (SSSR count). The van der Waals surface area contributed by atoms with Crippen LogP contribution in [0.25, 0.3) is 0 Å². The minimum atomic E-state index is -0.418. The maximum absolute atomic E-state index is 7.79. The minimum Gasteiger partial charge on any atom is -0.358 e. The first-order valence-corrected chi connectivity index (χ1v) is 19.4. The zero-order chi connectivity index (χ0) is 37.9. The smallest absolute Gasteiger partial charge is 0.115 e. The van der Waals surface area contributed by atoms with Crippen LogP contribution >= 0.6 is 23.2 Å². The summed E-state index contributed by atoms with van der Waals surface area (Å²) >= 11 is 13.8. The van der Waals surface area contributed by atoms with Crippen LogP contribution in [0.3, 0.4) is 0 Å². The lowest BCUT2D eigenvalue weighted by Gasteiger charge is -2.36. The third kappa shape index (κ3) is 8.76. The summed E-state index contributed by atoms with van der Waals surface area (Å²) in [7, 11) is 0. The van der Waals surface area contributed by atoms with Gasteiger partial charge in [0.1, 0.15) is 17.9 Å². The third-order valence-electron chi connectivity index (χ3n) is 10.8. The summed E-state index contributed by atoms with van der Waals surface area (Å²) in [6, 6.07) is 29.9. The quantitative estimate of drug-likeness (QED) is 0.111. The van der Waals surface area contributed by atoms with E-state index in [0.717, 1.165) is 18.6 Å². The second-order valence-electron chi connectivity index (χ2n) is 15.5. The van der Waals surface area contributed by atoms with Crippen molar-refractivity contribution in [2.45, 2.75) is 113 Å². The number of benzene rings is 4. The van der Waals surface area contributed by atoms with Crippen LogP contribution in [0.1, 0.15) is 101 Å². The maximum Gasteiger partial charge on any atom is 0.115 e. The van der Waals surface area contributed by atoms with Gasteiger partial charge in [-0.15, -0.1) is 0 Å². The van der Waals surface area contributed by atoms with Crippen LogP contribution < -0.4 is 0 Å². The highest BCUT2D eigenvalue weighted by molar-refractivity contribution is 6.38. The van der Waals surface area contributed by atoms with Gasteiger partial charge in [-0.2, -0.15) is 0 Å². The SMILES string of the molecule is CCC(CC(C)(C)c1ccccc1)/C(=N\c1c(Cl)cccc1Cl)C(Cn1c(C)ccc1C)OC(c1c(C)cc(C)cc1C)c1c(C)cc(C)cc1C. The van der Waals surface area contributed by atoms with Crippen LogP contribution in [0.15, 0.2) is 89.9 Å². The van der Waals surface area contributed by atoms with Gasteiger partial charge in [0, 0.05) is 17.3 Å². The van der Waals surface area contributed by atoms with E-state index in [0.29, 0.717) is 22.3 Å². The molecule has 2 atom stereocenters. The zero-order valence-electron chi connectivity index (χ0n) is 33.0. The Hall–Kier alpha value is -3.63. The Morgan fingerprint density at radius 2 is 1.17 bits per heavy atom. The number of nitrogens with zero attached hydrogens (tertiary/aromatic N) is 2. The molecule has 5 aromatic rings. The number of aliphatic imine (C=N–C) groups is 1. The number of halogens is 2. The first kappa shape index (κ1) is 39.6. The van der Waals surface area contributed by atoms with Gasteiger partial charge >= 0.3 is 0 Å². The van der Waals surface area contributed by atoms with E-state index in [2.05, 4.69) is 147 Å². The average molecular weight is 736 g/mol. The molecule has 4 aromatic carbocycles.